The molecule has 1 heterocycles. The first-order valence-corrected chi connectivity index (χ1v) is 7.51. The Hall–Kier alpha value is -2.73. The minimum absolute atomic E-state index is 0.115. The largest absolute Gasteiger partial charge is 0.493 e. The fraction of sp³-hybridized carbons (Fsp3) is 0.176. The number of hydrogen-bond acceptors (Lipinski definition) is 6. The molecule has 0 fully saturated rings. The second-order valence-corrected chi connectivity index (χ2v) is 5.22. The Labute approximate surface area is 143 Å². The van der Waals surface area contributed by atoms with Gasteiger partial charge in [-0.15, -0.1) is 10.2 Å². The third-order valence-corrected chi connectivity index (χ3v) is 3.53. The van der Waals surface area contributed by atoms with Crippen LogP contribution in [0.5, 0.6) is 17.2 Å². The smallest absolute Gasteiger partial charge is 0.254 e. The number of aromatic nitrogens is 2. The zero-order valence-corrected chi connectivity index (χ0v) is 13.9. The maximum Gasteiger partial charge on any atom is 0.254 e. The molecule has 3 aromatic rings. The molecule has 0 spiro atoms. The van der Waals surface area contributed by atoms with Gasteiger partial charge in [0.15, 0.2) is 18.1 Å². The van der Waals surface area contributed by atoms with E-state index in [0.29, 0.717) is 34.1 Å². The van der Waals surface area contributed by atoms with Gasteiger partial charge in [-0.05, 0) is 36.4 Å². The first-order chi connectivity index (χ1) is 11.7. The lowest BCUT2D eigenvalue weighted by Crippen LogP contribution is -1.99. The van der Waals surface area contributed by atoms with Crippen LogP contribution in [0.3, 0.4) is 0 Å². The third-order valence-electron chi connectivity index (χ3n) is 3.28. The Morgan fingerprint density at radius 3 is 2.42 bits per heavy atom. The highest BCUT2D eigenvalue weighted by atomic mass is 35.5. The van der Waals surface area contributed by atoms with Crippen LogP contribution in [0.1, 0.15) is 5.89 Å². The molecule has 0 atom stereocenters. The van der Waals surface area contributed by atoms with Crippen molar-refractivity contribution in [2.24, 2.45) is 0 Å². The molecule has 0 aliphatic carbocycles. The van der Waals surface area contributed by atoms with E-state index in [9.17, 15) is 0 Å². The van der Waals surface area contributed by atoms with Gasteiger partial charge in [0.1, 0.15) is 0 Å². The Kier molecular flexibility index (Phi) is 4.86. The summed E-state index contributed by atoms with van der Waals surface area (Å²) in [5.74, 6) is 2.38. The molecule has 24 heavy (non-hydrogen) atoms. The summed E-state index contributed by atoms with van der Waals surface area (Å²) in [6, 6.07) is 12.5. The lowest BCUT2D eigenvalue weighted by Gasteiger charge is -2.12. The summed E-state index contributed by atoms with van der Waals surface area (Å²) in [5, 5.41) is 8.64. The zero-order valence-electron chi connectivity index (χ0n) is 13.2. The molecule has 124 valence electrons. The molecule has 3 rings (SSSR count). The van der Waals surface area contributed by atoms with Crippen molar-refractivity contribution in [3.63, 3.8) is 0 Å². The van der Waals surface area contributed by atoms with Gasteiger partial charge in [0.05, 0.1) is 14.2 Å². The number of benzene rings is 2. The quantitative estimate of drug-likeness (QED) is 0.672. The Morgan fingerprint density at radius 2 is 1.71 bits per heavy atom. The van der Waals surface area contributed by atoms with E-state index in [1.165, 1.54) is 0 Å². The molecule has 1 aromatic heterocycles. The summed E-state index contributed by atoms with van der Waals surface area (Å²) in [5.41, 5.74) is 0.789. The van der Waals surface area contributed by atoms with Crippen molar-refractivity contribution in [3.05, 3.63) is 53.4 Å². The van der Waals surface area contributed by atoms with Gasteiger partial charge < -0.3 is 18.6 Å². The van der Waals surface area contributed by atoms with Crippen LogP contribution in [0.4, 0.5) is 0 Å². The van der Waals surface area contributed by atoms with Crippen molar-refractivity contribution in [2.45, 2.75) is 6.61 Å². The Bertz CT molecular complexity index is 818. The van der Waals surface area contributed by atoms with E-state index in [1.807, 2.05) is 18.2 Å². The maximum atomic E-state index is 5.87. The molecule has 0 bridgehead atoms. The van der Waals surface area contributed by atoms with E-state index in [1.54, 1.807) is 38.5 Å². The van der Waals surface area contributed by atoms with E-state index in [0.717, 1.165) is 5.56 Å². The van der Waals surface area contributed by atoms with Crippen LogP contribution in [0.25, 0.3) is 11.5 Å². The number of rotatable bonds is 6. The van der Waals surface area contributed by atoms with Crippen LogP contribution < -0.4 is 14.2 Å². The Morgan fingerprint density at radius 1 is 0.958 bits per heavy atom. The first kappa shape index (κ1) is 16.1. The van der Waals surface area contributed by atoms with Gasteiger partial charge in [-0.2, -0.15) is 0 Å². The molecular weight excluding hydrogens is 332 g/mol. The second-order valence-electron chi connectivity index (χ2n) is 4.79. The lowest BCUT2D eigenvalue weighted by molar-refractivity contribution is 0.246. The fourth-order valence-corrected chi connectivity index (χ4v) is 2.26. The average Bonchev–Trinajstić information content (AvgIpc) is 3.09. The summed E-state index contributed by atoms with van der Waals surface area (Å²) in [6.07, 6.45) is 0. The average molecular weight is 347 g/mol. The molecule has 0 unspecified atom stereocenters. The van der Waals surface area contributed by atoms with Gasteiger partial charge in [-0.3, -0.25) is 0 Å². The van der Waals surface area contributed by atoms with Crippen LogP contribution in [0.2, 0.25) is 5.02 Å². The minimum Gasteiger partial charge on any atom is -0.493 e. The van der Waals surface area contributed by atoms with Gasteiger partial charge in [0.25, 0.3) is 5.89 Å². The predicted molar refractivity (Wildman–Crippen MR) is 88.6 cm³/mol. The molecule has 2 aromatic carbocycles. The predicted octanol–water partition coefficient (Wildman–Crippen LogP) is 3.99. The molecule has 0 radical (unpaired) electrons. The number of halogens is 1. The molecule has 0 saturated carbocycles. The Balaban J connectivity index is 1.73. The monoisotopic (exact) mass is 346 g/mol. The molecule has 0 amide bonds. The maximum absolute atomic E-state index is 5.87. The summed E-state index contributed by atoms with van der Waals surface area (Å²) < 4.78 is 21.8. The highest BCUT2D eigenvalue weighted by Gasteiger charge is 2.13. The lowest BCUT2D eigenvalue weighted by atomic mass is 10.2. The fourth-order valence-electron chi connectivity index (χ4n) is 2.13. The number of methoxy groups -OCH3 is 2. The normalized spacial score (nSPS) is 10.5. The number of nitrogens with zero attached hydrogens (tertiary/aromatic N) is 2. The van der Waals surface area contributed by atoms with Crippen LogP contribution in [-0.4, -0.2) is 24.4 Å². The van der Waals surface area contributed by atoms with Gasteiger partial charge in [0.2, 0.25) is 11.6 Å². The van der Waals surface area contributed by atoms with Crippen LogP contribution in [-0.2, 0) is 6.61 Å². The second kappa shape index (κ2) is 7.23. The third kappa shape index (κ3) is 3.44. The van der Waals surface area contributed by atoms with Gasteiger partial charge in [-0.1, -0.05) is 17.7 Å². The zero-order chi connectivity index (χ0) is 16.9. The van der Waals surface area contributed by atoms with E-state index in [2.05, 4.69) is 10.2 Å². The topological polar surface area (TPSA) is 66.6 Å². The van der Waals surface area contributed by atoms with Gasteiger partial charge in [0, 0.05) is 10.6 Å². The molecule has 0 saturated heterocycles. The SMILES string of the molecule is COc1cccc(OCc2nnc(-c3ccc(Cl)cc3)o2)c1OC. The van der Waals surface area contributed by atoms with Crippen LogP contribution >= 0.6 is 11.6 Å². The molecule has 0 N–H and O–H groups in total. The van der Waals surface area contributed by atoms with E-state index in [-0.39, 0.29) is 6.61 Å². The van der Waals surface area contributed by atoms with E-state index < -0.39 is 0 Å². The minimum atomic E-state index is 0.115. The van der Waals surface area contributed by atoms with Crippen molar-refractivity contribution >= 4 is 11.6 Å². The van der Waals surface area contributed by atoms with Crippen LogP contribution in [0, 0.1) is 0 Å². The summed E-state index contributed by atoms with van der Waals surface area (Å²) in [6.45, 7) is 0.115. The van der Waals surface area contributed by atoms with E-state index in [4.69, 9.17) is 30.2 Å². The molecular formula is C17H15ClN2O4. The summed E-state index contributed by atoms with van der Waals surface area (Å²) in [7, 11) is 3.12. The first-order valence-electron chi connectivity index (χ1n) is 7.13. The van der Waals surface area contributed by atoms with Gasteiger partial charge in [-0.25, -0.2) is 0 Å². The molecule has 6 nitrogen and oxygen atoms in total. The standard InChI is InChI=1S/C17H15ClN2O4/c1-21-13-4-3-5-14(16(13)22-2)23-10-15-19-20-17(24-15)11-6-8-12(18)9-7-11/h3-9H,10H2,1-2H3. The number of hydrogen-bond donors (Lipinski definition) is 0. The van der Waals surface area contributed by atoms with Crippen molar-refractivity contribution < 1.29 is 18.6 Å². The van der Waals surface area contributed by atoms with Crippen molar-refractivity contribution in [1.29, 1.82) is 0 Å². The number of para-hydroxylation sites is 1. The van der Waals surface area contributed by atoms with Crippen molar-refractivity contribution in [3.8, 4) is 28.7 Å². The number of ether oxygens (including phenoxy) is 3. The molecule has 0 aliphatic heterocycles. The van der Waals surface area contributed by atoms with Crippen LogP contribution in [0.15, 0.2) is 46.9 Å². The van der Waals surface area contributed by atoms with Crippen molar-refractivity contribution in [1.82, 2.24) is 10.2 Å². The molecule has 7 heteroatoms. The summed E-state index contributed by atoms with van der Waals surface area (Å²) >= 11 is 5.87. The van der Waals surface area contributed by atoms with E-state index >= 15 is 0 Å². The molecule has 0 aliphatic rings. The van der Waals surface area contributed by atoms with Crippen molar-refractivity contribution in [2.75, 3.05) is 14.2 Å². The van der Waals surface area contributed by atoms with Gasteiger partial charge >= 0.3 is 0 Å². The highest BCUT2D eigenvalue weighted by molar-refractivity contribution is 6.30. The summed E-state index contributed by atoms with van der Waals surface area (Å²) in [4.78, 5) is 0. The highest BCUT2D eigenvalue weighted by Crippen LogP contribution is 2.37.